The van der Waals surface area contributed by atoms with Gasteiger partial charge in [-0.05, 0) is 54.0 Å². The number of nitrogens with one attached hydrogen (secondary N) is 1. The van der Waals surface area contributed by atoms with E-state index in [-0.39, 0.29) is 11.9 Å². The highest BCUT2D eigenvalue weighted by Gasteiger charge is 2.08. The van der Waals surface area contributed by atoms with E-state index in [1.54, 1.807) is 11.8 Å². The summed E-state index contributed by atoms with van der Waals surface area (Å²) in [6, 6.07) is 7.81. The molecule has 0 bridgehead atoms. The smallest absolute Gasteiger partial charge is 0.251 e. The monoisotopic (exact) mass is 335 g/mol. The van der Waals surface area contributed by atoms with E-state index in [2.05, 4.69) is 27.9 Å². The van der Waals surface area contributed by atoms with Gasteiger partial charge in [0.1, 0.15) is 0 Å². The van der Waals surface area contributed by atoms with Crippen molar-refractivity contribution in [2.45, 2.75) is 13.0 Å². The van der Waals surface area contributed by atoms with Crippen molar-refractivity contribution in [2.24, 2.45) is 0 Å². The van der Waals surface area contributed by atoms with Crippen LogP contribution in [-0.4, -0.2) is 24.0 Å². The SMILES string of the molecule is CSCC(C)NC(=O)c1cccc(I)c1. The van der Waals surface area contributed by atoms with Gasteiger partial charge in [0.05, 0.1) is 0 Å². The van der Waals surface area contributed by atoms with Crippen LogP contribution in [0.2, 0.25) is 0 Å². The van der Waals surface area contributed by atoms with Gasteiger partial charge < -0.3 is 5.32 Å². The van der Waals surface area contributed by atoms with Crippen molar-refractivity contribution in [1.82, 2.24) is 5.32 Å². The van der Waals surface area contributed by atoms with Gasteiger partial charge in [-0.15, -0.1) is 0 Å². The van der Waals surface area contributed by atoms with E-state index in [9.17, 15) is 4.79 Å². The average Bonchev–Trinajstić information content (AvgIpc) is 2.18. The lowest BCUT2D eigenvalue weighted by atomic mass is 10.2. The number of rotatable bonds is 4. The van der Waals surface area contributed by atoms with Crippen LogP contribution in [0.4, 0.5) is 0 Å². The number of halogens is 1. The Kier molecular flexibility index (Phi) is 5.45. The summed E-state index contributed by atoms with van der Waals surface area (Å²) in [7, 11) is 0. The normalized spacial score (nSPS) is 12.2. The molecule has 1 N–H and O–H groups in total. The molecular formula is C11H14INOS. The molecule has 1 aromatic rings. The molecule has 0 saturated carbocycles. The van der Waals surface area contributed by atoms with Gasteiger partial charge in [0.25, 0.3) is 5.91 Å². The third kappa shape index (κ3) is 4.42. The fraction of sp³-hybridized carbons (Fsp3) is 0.364. The van der Waals surface area contributed by atoms with Gasteiger partial charge in [-0.1, -0.05) is 6.07 Å². The Hall–Kier alpha value is -0.230. The van der Waals surface area contributed by atoms with Crippen LogP contribution in [0, 0.1) is 3.57 Å². The Bertz CT molecular complexity index is 343. The van der Waals surface area contributed by atoms with Gasteiger partial charge in [-0.2, -0.15) is 11.8 Å². The zero-order valence-corrected chi connectivity index (χ0v) is 11.8. The maximum atomic E-state index is 11.8. The summed E-state index contributed by atoms with van der Waals surface area (Å²) in [5, 5.41) is 2.96. The maximum absolute atomic E-state index is 11.8. The van der Waals surface area contributed by atoms with Gasteiger partial charge in [0, 0.05) is 20.9 Å². The molecule has 0 radical (unpaired) electrons. The van der Waals surface area contributed by atoms with Crippen molar-refractivity contribution in [1.29, 1.82) is 0 Å². The Morgan fingerprint density at radius 3 is 2.93 bits per heavy atom. The number of hydrogen-bond donors (Lipinski definition) is 1. The second-order valence-corrected chi connectivity index (χ2v) is 5.50. The minimum Gasteiger partial charge on any atom is -0.349 e. The van der Waals surface area contributed by atoms with E-state index in [0.717, 1.165) is 14.9 Å². The predicted molar refractivity (Wildman–Crippen MR) is 74.5 cm³/mol. The summed E-state index contributed by atoms with van der Waals surface area (Å²) in [5.74, 6) is 0.949. The van der Waals surface area contributed by atoms with Crippen LogP contribution in [-0.2, 0) is 0 Å². The van der Waals surface area contributed by atoms with Crippen LogP contribution in [0.3, 0.4) is 0 Å². The van der Waals surface area contributed by atoms with Crippen LogP contribution >= 0.6 is 34.4 Å². The van der Waals surface area contributed by atoms with Gasteiger partial charge >= 0.3 is 0 Å². The van der Waals surface area contributed by atoms with Crippen LogP contribution < -0.4 is 5.32 Å². The zero-order valence-electron chi connectivity index (χ0n) is 8.79. The molecule has 2 nitrogen and oxygen atoms in total. The summed E-state index contributed by atoms with van der Waals surface area (Å²) in [5.41, 5.74) is 0.731. The topological polar surface area (TPSA) is 29.1 Å². The quantitative estimate of drug-likeness (QED) is 0.858. The van der Waals surface area contributed by atoms with Crippen molar-refractivity contribution in [3.63, 3.8) is 0 Å². The fourth-order valence-corrected chi connectivity index (χ4v) is 2.35. The molecule has 0 spiro atoms. The molecule has 0 saturated heterocycles. The molecule has 0 heterocycles. The molecule has 1 unspecified atom stereocenters. The van der Waals surface area contributed by atoms with Crippen molar-refractivity contribution >= 4 is 40.3 Å². The van der Waals surface area contributed by atoms with Crippen molar-refractivity contribution in [3.8, 4) is 0 Å². The summed E-state index contributed by atoms with van der Waals surface area (Å²) >= 11 is 3.94. The van der Waals surface area contributed by atoms with Gasteiger partial charge in [-0.3, -0.25) is 4.79 Å². The lowest BCUT2D eigenvalue weighted by molar-refractivity contribution is 0.0943. The Morgan fingerprint density at radius 1 is 1.60 bits per heavy atom. The number of carbonyl (C=O) groups is 1. The molecule has 1 aromatic carbocycles. The molecule has 4 heteroatoms. The summed E-state index contributed by atoms with van der Waals surface area (Å²) in [4.78, 5) is 11.8. The van der Waals surface area contributed by atoms with E-state index in [4.69, 9.17) is 0 Å². The van der Waals surface area contributed by atoms with Gasteiger partial charge in [-0.25, -0.2) is 0 Å². The average molecular weight is 335 g/mol. The third-order valence-corrected chi connectivity index (χ3v) is 3.39. The zero-order chi connectivity index (χ0) is 11.3. The lowest BCUT2D eigenvalue weighted by Gasteiger charge is -2.12. The molecule has 82 valence electrons. The van der Waals surface area contributed by atoms with Crippen LogP contribution in [0.1, 0.15) is 17.3 Å². The second-order valence-electron chi connectivity index (χ2n) is 3.34. The van der Waals surface area contributed by atoms with Crippen LogP contribution in [0.5, 0.6) is 0 Å². The summed E-state index contributed by atoms with van der Waals surface area (Å²) < 4.78 is 1.08. The lowest BCUT2D eigenvalue weighted by Crippen LogP contribution is -2.34. The van der Waals surface area contributed by atoms with Crippen LogP contribution in [0.15, 0.2) is 24.3 Å². The van der Waals surface area contributed by atoms with E-state index in [1.807, 2.05) is 37.4 Å². The van der Waals surface area contributed by atoms with Crippen molar-refractivity contribution in [2.75, 3.05) is 12.0 Å². The first-order chi connectivity index (χ1) is 7.13. The van der Waals surface area contributed by atoms with E-state index in [0.29, 0.717) is 0 Å². The largest absolute Gasteiger partial charge is 0.349 e. The van der Waals surface area contributed by atoms with E-state index >= 15 is 0 Å². The molecule has 0 fully saturated rings. The first-order valence-corrected chi connectivity index (χ1v) is 7.16. The highest BCUT2D eigenvalue weighted by atomic mass is 127. The molecule has 1 atom stereocenters. The Balaban J connectivity index is 2.61. The van der Waals surface area contributed by atoms with Gasteiger partial charge in [0.15, 0.2) is 0 Å². The number of thioether (sulfide) groups is 1. The maximum Gasteiger partial charge on any atom is 0.251 e. The predicted octanol–water partition coefficient (Wildman–Crippen LogP) is 2.77. The molecule has 0 aliphatic carbocycles. The Labute approximate surface area is 108 Å². The molecule has 0 aliphatic heterocycles. The molecule has 0 aliphatic rings. The molecule has 0 aromatic heterocycles. The van der Waals surface area contributed by atoms with E-state index < -0.39 is 0 Å². The fourth-order valence-electron chi connectivity index (χ4n) is 1.23. The summed E-state index contributed by atoms with van der Waals surface area (Å²) in [6.45, 7) is 2.02. The van der Waals surface area contributed by atoms with Crippen molar-refractivity contribution in [3.05, 3.63) is 33.4 Å². The number of amides is 1. The first-order valence-electron chi connectivity index (χ1n) is 4.69. The number of benzene rings is 1. The highest BCUT2D eigenvalue weighted by molar-refractivity contribution is 14.1. The van der Waals surface area contributed by atoms with Gasteiger partial charge in [0.2, 0.25) is 0 Å². The molecule has 1 rings (SSSR count). The minimum absolute atomic E-state index is 0.00932. The standard InChI is InChI=1S/C11H14INOS/c1-8(7-15-2)13-11(14)9-4-3-5-10(12)6-9/h3-6,8H,7H2,1-2H3,(H,13,14). The summed E-state index contributed by atoms with van der Waals surface area (Å²) in [6.07, 6.45) is 2.04. The number of hydrogen-bond acceptors (Lipinski definition) is 2. The van der Waals surface area contributed by atoms with Crippen LogP contribution in [0.25, 0.3) is 0 Å². The molecular weight excluding hydrogens is 321 g/mol. The molecule has 15 heavy (non-hydrogen) atoms. The minimum atomic E-state index is 0.00932. The first kappa shape index (κ1) is 12.8. The molecule has 1 amide bonds. The second kappa shape index (κ2) is 6.37. The number of carbonyl (C=O) groups excluding carboxylic acids is 1. The van der Waals surface area contributed by atoms with E-state index in [1.165, 1.54) is 0 Å². The Morgan fingerprint density at radius 2 is 2.33 bits per heavy atom. The third-order valence-electron chi connectivity index (χ3n) is 1.88. The highest BCUT2D eigenvalue weighted by Crippen LogP contribution is 2.08. The van der Waals surface area contributed by atoms with Crippen molar-refractivity contribution < 1.29 is 4.79 Å².